The molecule has 0 saturated carbocycles. The first-order valence-electron chi connectivity index (χ1n) is 12.1. The van der Waals surface area contributed by atoms with Crippen LogP contribution in [0.5, 0.6) is 0 Å². The molecule has 2 aromatic carbocycles. The highest BCUT2D eigenvalue weighted by molar-refractivity contribution is 7.92. The van der Waals surface area contributed by atoms with Crippen LogP contribution in [0.25, 0.3) is 0 Å². The van der Waals surface area contributed by atoms with Crippen LogP contribution in [0.1, 0.15) is 56.0 Å². The van der Waals surface area contributed by atoms with Crippen molar-refractivity contribution in [1.29, 1.82) is 0 Å². The summed E-state index contributed by atoms with van der Waals surface area (Å²) in [6.45, 7) is 4.73. The fraction of sp³-hybridized carbons (Fsp3) is 0.333. The highest BCUT2D eigenvalue weighted by Gasteiger charge is 2.37. The molecule has 4 rings (SSSR count). The molecule has 0 saturated heterocycles. The molecule has 7 nitrogen and oxygen atoms in total. The third-order valence-electron chi connectivity index (χ3n) is 6.69. The van der Waals surface area contributed by atoms with Crippen molar-refractivity contribution in [2.24, 2.45) is 0 Å². The first-order valence-corrected chi connectivity index (χ1v) is 13.5. The average Bonchev–Trinajstić information content (AvgIpc) is 3.03. The molecule has 0 spiro atoms. The Bertz CT molecular complexity index is 1470. The van der Waals surface area contributed by atoms with Crippen molar-refractivity contribution in [1.82, 2.24) is 4.98 Å². The zero-order chi connectivity index (χ0) is 27.9. The van der Waals surface area contributed by atoms with Gasteiger partial charge in [-0.2, -0.15) is 13.2 Å². The number of hydrogen-bond donors (Lipinski definition) is 2. The second kappa shape index (κ2) is 9.94. The molecule has 3 aromatic rings. The van der Waals surface area contributed by atoms with E-state index in [1.165, 1.54) is 50.2 Å². The lowest BCUT2D eigenvalue weighted by Crippen LogP contribution is -2.32. The molecule has 202 valence electrons. The minimum atomic E-state index is -4.69. The summed E-state index contributed by atoms with van der Waals surface area (Å²) in [4.78, 5) is 15.6. The molecule has 0 fully saturated rings. The van der Waals surface area contributed by atoms with Gasteiger partial charge in [-0.1, -0.05) is 37.6 Å². The zero-order valence-electron chi connectivity index (χ0n) is 21.1. The van der Waals surface area contributed by atoms with Gasteiger partial charge in [-0.05, 0) is 68.1 Å². The monoisotopic (exact) mass is 547 g/mol. The summed E-state index contributed by atoms with van der Waals surface area (Å²) in [5.74, 6) is -1.24. The Morgan fingerprint density at radius 1 is 1.08 bits per heavy atom. The summed E-state index contributed by atoms with van der Waals surface area (Å²) < 4.78 is 69.0. The number of anilines is 3. The summed E-state index contributed by atoms with van der Waals surface area (Å²) >= 11 is 0. The van der Waals surface area contributed by atoms with E-state index < -0.39 is 33.3 Å². The smallest absolute Gasteiger partial charge is 0.433 e. The number of alkyl halides is 3. The Balaban J connectivity index is 1.87. The molecule has 1 aromatic heterocycles. The number of rotatable bonds is 7. The number of aromatic nitrogens is 1. The van der Waals surface area contributed by atoms with Gasteiger partial charge in [0.1, 0.15) is 11.5 Å². The molecule has 2 N–H and O–H groups in total. The van der Waals surface area contributed by atoms with Gasteiger partial charge in [0.15, 0.2) is 0 Å². The van der Waals surface area contributed by atoms with Crippen LogP contribution in [0.4, 0.5) is 30.4 Å². The molecule has 1 aliphatic rings. The molecule has 0 aliphatic carbocycles. The molecule has 11 heteroatoms. The van der Waals surface area contributed by atoms with Crippen LogP contribution < -0.4 is 9.62 Å². The second-order valence-electron chi connectivity index (χ2n) is 9.75. The van der Waals surface area contributed by atoms with E-state index in [1.54, 1.807) is 12.1 Å². The lowest BCUT2D eigenvalue weighted by atomic mass is 9.84. The largest absolute Gasteiger partial charge is 0.481 e. The van der Waals surface area contributed by atoms with E-state index in [4.69, 9.17) is 0 Å². The molecule has 0 amide bonds. The Labute approximate surface area is 219 Å². The quantitative estimate of drug-likeness (QED) is 0.362. The Morgan fingerprint density at radius 2 is 1.76 bits per heavy atom. The molecule has 0 atom stereocenters. The maximum atomic E-state index is 13.9. The van der Waals surface area contributed by atoms with Gasteiger partial charge in [0, 0.05) is 5.56 Å². The highest BCUT2D eigenvalue weighted by atomic mass is 32.2. The van der Waals surface area contributed by atoms with Crippen molar-refractivity contribution in [2.45, 2.75) is 63.1 Å². The standard InChI is InChI=1S/C27H28F3N3O4S/c1-4-5-6-17-7-11-20(12-8-17)38(36,37)33-16-18-9-14-23(27(28,29)30)32-24(18)31-21-13-10-19(15-22(21)33)26(2,3)25(34)35/h7-15H,4-6,16H2,1-3H3,(H,31,32)(H,34,35). The molecular weight excluding hydrogens is 519 g/mol. The number of nitrogens with zero attached hydrogens (tertiary/aromatic N) is 2. The topological polar surface area (TPSA) is 99.6 Å². The average molecular weight is 548 g/mol. The van der Waals surface area contributed by atoms with Gasteiger partial charge < -0.3 is 10.4 Å². The number of halogens is 3. The van der Waals surface area contributed by atoms with E-state index in [1.807, 2.05) is 0 Å². The van der Waals surface area contributed by atoms with Gasteiger partial charge in [-0.15, -0.1) is 0 Å². The fourth-order valence-electron chi connectivity index (χ4n) is 4.16. The number of hydrogen-bond acceptors (Lipinski definition) is 5. The molecule has 2 heterocycles. The minimum absolute atomic E-state index is 0.00918. The SMILES string of the molecule is CCCCc1ccc(S(=O)(=O)N2Cc3ccc(C(F)(F)F)nc3Nc3ccc(C(C)(C)C(=O)O)cc32)cc1. The van der Waals surface area contributed by atoms with Crippen LogP contribution >= 0.6 is 0 Å². The Morgan fingerprint density at radius 3 is 2.37 bits per heavy atom. The van der Waals surface area contributed by atoms with Gasteiger partial charge in [0.25, 0.3) is 10.0 Å². The van der Waals surface area contributed by atoms with E-state index in [-0.39, 0.29) is 34.2 Å². The van der Waals surface area contributed by atoms with Crippen LogP contribution in [0.2, 0.25) is 0 Å². The minimum Gasteiger partial charge on any atom is -0.481 e. The molecule has 38 heavy (non-hydrogen) atoms. The van der Waals surface area contributed by atoms with Crippen molar-refractivity contribution < 1.29 is 31.5 Å². The van der Waals surface area contributed by atoms with E-state index in [9.17, 15) is 31.5 Å². The third-order valence-corrected chi connectivity index (χ3v) is 8.46. The zero-order valence-corrected chi connectivity index (χ0v) is 21.9. The van der Waals surface area contributed by atoms with E-state index in [0.29, 0.717) is 5.56 Å². The number of benzene rings is 2. The van der Waals surface area contributed by atoms with Gasteiger partial charge in [0.2, 0.25) is 0 Å². The van der Waals surface area contributed by atoms with Crippen LogP contribution in [0, 0.1) is 0 Å². The van der Waals surface area contributed by atoms with E-state index >= 15 is 0 Å². The number of sulfonamides is 1. The maximum Gasteiger partial charge on any atom is 0.433 e. The Kier molecular flexibility index (Phi) is 7.17. The molecule has 1 aliphatic heterocycles. The first-order chi connectivity index (χ1) is 17.7. The van der Waals surface area contributed by atoms with Gasteiger partial charge in [-0.25, -0.2) is 13.4 Å². The van der Waals surface area contributed by atoms with Crippen LogP contribution in [0.3, 0.4) is 0 Å². The van der Waals surface area contributed by atoms with Gasteiger partial charge in [-0.3, -0.25) is 9.10 Å². The summed E-state index contributed by atoms with van der Waals surface area (Å²) in [5, 5.41) is 12.6. The van der Waals surface area contributed by atoms with Crippen LogP contribution in [-0.2, 0) is 39.4 Å². The number of carboxylic acids is 1. The lowest BCUT2D eigenvalue weighted by Gasteiger charge is -2.27. The van der Waals surface area contributed by atoms with Crippen molar-refractivity contribution in [2.75, 3.05) is 9.62 Å². The van der Waals surface area contributed by atoms with Crippen LogP contribution in [0.15, 0.2) is 59.5 Å². The van der Waals surface area contributed by atoms with E-state index in [0.717, 1.165) is 35.2 Å². The summed E-state index contributed by atoms with van der Waals surface area (Å²) in [6.07, 6.45) is -1.92. The molecule has 0 radical (unpaired) electrons. The summed E-state index contributed by atoms with van der Waals surface area (Å²) in [5.41, 5.74) is -0.628. The first kappa shape index (κ1) is 27.4. The number of aliphatic carboxylic acids is 1. The highest BCUT2D eigenvalue weighted by Crippen LogP contribution is 2.41. The van der Waals surface area contributed by atoms with E-state index in [2.05, 4.69) is 17.2 Å². The normalized spacial score (nSPS) is 13.8. The van der Waals surface area contributed by atoms with Crippen molar-refractivity contribution in [3.63, 3.8) is 0 Å². The number of aryl methyl sites for hydroxylation is 1. The van der Waals surface area contributed by atoms with Crippen molar-refractivity contribution in [3.8, 4) is 0 Å². The van der Waals surface area contributed by atoms with Crippen LogP contribution in [-0.4, -0.2) is 24.5 Å². The van der Waals surface area contributed by atoms with Crippen molar-refractivity contribution in [3.05, 3.63) is 77.0 Å². The van der Waals surface area contributed by atoms with Gasteiger partial charge in [0.05, 0.1) is 28.2 Å². The fourth-order valence-corrected chi connectivity index (χ4v) is 5.61. The molecule has 0 bridgehead atoms. The number of pyridine rings is 1. The predicted octanol–water partition coefficient (Wildman–Crippen LogP) is 6.26. The maximum absolute atomic E-state index is 13.9. The number of carboxylic acid groups (broad SMARTS) is 1. The lowest BCUT2D eigenvalue weighted by molar-refractivity contribution is -0.142. The number of unbranched alkanes of at least 4 members (excludes halogenated alkanes) is 1. The summed E-state index contributed by atoms with van der Waals surface area (Å²) in [7, 11) is -4.20. The number of fused-ring (bicyclic) bond motifs is 2. The van der Waals surface area contributed by atoms with Gasteiger partial charge >= 0.3 is 12.1 Å². The number of nitrogens with one attached hydrogen (secondary N) is 1. The second-order valence-corrected chi connectivity index (χ2v) is 11.6. The Hall–Kier alpha value is -3.60. The molecular formula is C27H28F3N3O4S. The number of carbonyl (C=O) groups is 1. The predicted molar refractivity (Wildman–Crippen MR) is 138 cm³/mol. The third kappa shape index (κ3) is 5.20. The van der Waals surface area contributed by atoms with Crippen molar-refractivity contribution >= 4 is 33.2 Å². The molecule has 0 unspecified atom stereocenters. The summed E-state index contributed by atoms with van der Waals surface area (Å²) in [6, 6.07) is 12.9.